The molecule has 1 nitrogen and oxygen atoms in total. The molecule has 0 saturated heterocycles. The van der Waals surface area contributed by atoms with Crippen LogP contribution in [0, 0.1) is 17.6 Å². The van der Waals surface area contributed by atoms with Gasteiger partial charge in [0.1, 0.15) is 11.6 Å². The number of halogens is 2. The van der Waals surface area contributed by atoms with E-state index in [1.54, 1.807) is 0 Å². The molecule has 1 fully saturated rings. The molecule has 0 unspecified atom stereocenters. The quantitative estimate of drug-likeness (QED) is 0.773. The summed E-state index contributed by atoms with van der Waals surface area (Å²) in [6.45, 7) is 0. The molecule has 14 heavy (non-hydrogen) atoms. The molecule has 76 valence electrons. The van der Waals surface area contributed by atoms with Crippen LogP contribution in [0.1, 0.15) is 18.4 Å². The van der Waals surface area contributed by atoms with E-state index in [1.807, 2.05) is 0 Å². The van der Waals surface area contributed by atoms with Crippen LogP contribution in [-0.4, -0.2) is 6.04 Å². The van der Waals surface area contributed by atoms with Crippen molar-refractivity contribution in [3.8, 4) is 0 Å². The number of hydrogen-bond donors (Lipinski definition) is 1. The Morgan fingerprint density at radius 1 is 1.29 bits per heavy atom. The predicted octanol–water partition coefficient (Wildman–Crippen LogP) is 2.24. The molecule has 3 heteroatoms. The smallest absolute Gasteiger partial charge is 0.129 e. The van der Waals surface area contributed by atoms with Gasteiger partial charge in [0, 0.05) is 12.1 Å². The van der Waals surface area contributed by atoms with E-state index in [-0.39, 0.29) is 6.04 Å². The summed E-state index contributed by atoms with van der Waals surface area (Å²) in [5.41, 5.74) is 6.23. The first-order valence-electron chi connectivity index (χ1n) is 4.84. The molecule has 2 N–H and O–H groups in total. The van der Waals surface area contributed by atoms with Crippen molar-refractivity contribution in [2.45, 2.75) is 25.3 Å². The second kappa shape index (κ2) is 3.65. The monoisotopic (exact) mass is 197 g/mol. The standard InChI is InChI=1S/C11H13F2N/c12-9-2-1-8(11(13)6-9)3-7-4-10(14)5-7/h1-2,6-7,10H,3-5,14H2. The van der Waals surface area contributed by atoms with Gasteiger partial charge in [0.15, 0.2) is 0 Å². The highest BCUT2D eigenvalue weighted by Gasteiger charge is 2.26. The van der Waals surface area contributed by atoms with Gasteiger partial charge in [-0.15, -0.1) is 0 Å². The molecule has 1 aromatic carbocycles. The Hall–Kier alpha value is -0.960. The Bertz CT molecular complexity index is 332. The van der Waals surface area contributed by atoms with Crippen LogP contribution >= 0.6 is 0 Å². The van der Waals surface area contributed by atoms with Crippen molar-refractivity contribution in [3.63, 3.8) is 0 Å². The first-order valence-corrected chi connectivity index (χ1v) is 4.84. The molecule has 0 bridgehead atoms. The molecular formula is C11H13F2N. The van der Waals surface area contributed by atoms with Crippen LogP contribution in [0.4, 0.5) is 8.78 Å². The van der Waals surface area contributed by atoms with Crippen LogP contribution < -0.4 is 5.73 Å². The zero-order chi connectivity index (χ0) is 10.1. The summed E-state index contributed by atoms with van der Waals surface area (Å²) in [7, 11) is 0. The largest absolute Gasteiger partial charge is 0.328 e. The fourth-order valence-electron chi connectivity index (χ4n) is 1.95. The van der Waals surface area contributed by atoms with Gasteiger partial charge in [-0.1, -0.05) is 6.07 Å². The van der Waals surface area contributed by atoms with E-state index < -0.39 is 11.6 Å². The predicted molar refractivity (Wildman–Crippen MR) is 50.8 cm³/mol. The number of hydrogen-bond acceptors (Lipinski definition) is 1. The van der Waals surface area contributed by atoms with Gasteiger partial charge < -0.3 is 5.73 Å². The van der Waals surface area contributed by atoms with Crippen LogP contribution in [0.15, 0.2) is 18.2 Å². The third kappa shape index (κ3) is 1.93. The average molecular weight is 197 g/mol. The molecule has 0 amide bonds. The highest BCUT2D eigenvalue weighted by atomic mass is 19.1. The Morgan fingerprint density at radius 2 is 2.00 bits per heavy atom. The first kappa shape index (κ1) is 9.59. The molecule has 0 heterocycles. The summed E-state index contributed by atoms with van der Waals surface area (Å²) >= 11 is 0. The van der Waals surface area contributed by atoms with Gasteiger partial charge in [-0.2, -0.15) is 0 Å². The average Bonchev–Trinajstić information content (AvgIpc) is 2.06. The molecule has 0 atom stereocenters. The molecule has 1 saturated carbocycles. The van der Waals surface area contributed by atoms with Crippen molar-refractivity contribution in [1.29, 1.82) is 0 Å². The van der Waals surface area contributed by atoms with Crippen LogP contribution in [0.3, 0.4) is 0 Å². The van der Waals surface area contributed by atoms with E-state index in [4.69, 9.17) is 5.73 Å². The first-order chi connectivity index (χ1) is 6.65. The molecule has 2 rings (SSSR count). The van der Waals surface area contributed by atoms with Crippen molar-refractivity contribution in [2.24, 2.45) is 11.7 Å². The van der Waals surface area contributed by atoms with Crippen LogP contribution in [0.5, 0.6) is 0 Å². The minimum atomic E-state index is -0.517. The molecule has 1 aliphatic carbocycles. The van der Waals surface area contributed by atoms with Crippen LogP contribution in [0.2, 0.25) is 0 Å². The van der Waals surface area contributed by atoms with E-state index in [2.05, 4.69) is 0 Å². The molecule has 0 spiro atoms. The third-order valence-corrected chi connectivity index (χ3v) is 2.80. The van der Waals surface area contributed by atoms with Crippen LogP contribution in [-0.2, 0) is 6.42 Å². The number of nitrogens with two attached hydrogens (primary N) is 1. The van der Waals surface area contributed by atoms with E-state index in [1.165, 1.54) is 12.1 Å². The summed E-state index contributed by atoms with van der Waals surface area (Å²) in [6, 6.07) is 4.04. The SMILES string of the molecule is NC1CC(Cc2ccc(F)cc2F)C1. The normalized spacial score (nSPS) is 25.9. The summed E-state index contributed by atoms with van der Waals surface area (Å²) < 4.78 is 25.8. The Kier molecular flexibility index (Phi) is 2.50. The molecular weight excluding hydrogens is 184 g/mol. The van der Waals surface area contributed by atoms with Crippen molar-refractivity contribution in [2.75, 3.05) is 0 Å². The number of benzene rings is 1. The Labute approximate surface area is 81.9 Å². The zero-order valence-corrected chi connectivity index (χ0v) is 7.84. The van der Waals surface area contributed by atoms with Crippen LogP contribution in [0.25, 0.3) is 0 Å². The molecule has 1 aromatic rings. The van der Waals surface area contributed by atoms with Crippen molar-refractivity contribution in [1.82, 2.24) is 0 Å². The van der Waals surface area contributed by atoms with Gasteiger partial charge >= 0.3 is 0 Å². The van der Waals surface area contributed by atoms with E-state index >= 15 is 0 Å². The number of rotatable bonds is 2. The molecule has 0 aliphatic heterocycles. The lowest BCUT2D eigenvalue weighted by Gasteiger charge is -2.32. The van der Waals surface area contributed by atoms with E-state index in [9.17, 15) is 8.78 Å². The minimum absolute atomic E-state index is 0.281. The third-order valence-electron chi connectivity index (χ3n) is 2.80. The van der Waals surface area contributed by atoms with Gasteiger partial charge in [0.05, 0.1) is 0 Å². The van der Waals surface area contributed by atoms with E-state index in [0.29, 0.717) is 17.9 Å². The maximum Gasteiger partial charge on any atom is 0.129 e. The summed E-state index contributed by atoms with van der Waals surface area (Å²) in [6.07, 6.45) is 2.59. The maximum absolute atomic E-state index is 13.2. The topological polar surface area (TPSA) is 26.0 Å². The Morgan fingerprint density at radius 3 is 2.57 bits per heavy atom. The van der Waals surface area contributed by atoms with Crippen molar-refractivity contribution < 1.29 is 8.78 Å². The van der Waals surface area contributed by atoms with Gasteiger partial charge in [0.25, 0.3) is 0 Å². The van der Waals surface area contributed by atoms with E-state index in [0.717, 1.165) is 18.9 Å². The Balaban J connectivity index is 2.02. The highest BCUT2D eigenvalue weighted by molar-refractivity contribution is 5.19. The maximum atomic E-state index is 13.2. The second-order valence-corrected chi connectivity index (χ2v) is 4.04. The summed E-state index contributed by atoms with van der Waals surface area (Å²) in [5, 5.41) is 0. The lowest BCUT2D eigenvalue weighted by atomic mass is 9.77. The summed E-state index contributed by atoms with van der Waals surface area (Å²) in [4.78, 5) is 0. The lowest BCUT2D eigenvalue weighted by molar-refractivity contribution is 0.262. The fourth-order valence-corrected chi connectivity index (χ4v) is 1.95. The molecule has 1 aliphatic rings. The molecule has 0 aromatic heterocycles. The van der Waals surface area contributed by atoms with Crippen molar-refractivity contribution in [3.05, 3.63) is 35.4 Å². The van der Waals surface area contributed by atoms with Gasteiger partial charge in [-0.25, -0.2) is 8.78 Å². The summed E-state index contributed by atoms with van der Waals surface area (Å²) in [5.74, 6) is -0.480. The second-order valence-electron chi connectivity index (χ2n) is 4.04. The fraction of sp³-hybridized carbons (Fsp3) is 0.455. The zero-order valence-electron chi connectivity index (χ0n) is 7.84. The minimum Gasteiger partial charge on any atom is -0.328 e. The van der Waals surface area contributed by atoms with Gasteiger partial charge in [0.2, 0.25) is 0 Å². The lowest BCUT2D eigenvalue weighted by Crippen LogP contribution is -2.37. The van der Waals surface area contributed by atoms with Gasteiger partial charge in [-0.05, 0) is 36.8 Å². The highest BCUT2D eigenvalue weighted by Crippen LogP contribution is 2.29. The van der Waals surface area contributed by atoms with Gasteiger partial charge in [-0.3, -0.25) is 0 Å². The van der Waals surface area contributed by atoms with Crippen molar-refractivity contribution >= 4 is 0 Å². The molecule has 0 radical (unpaired) electrons.